The summed E-state index contributed by atoms with van der Waals surface area (Å²) in [5.41, 5.74) is 0. The Labute approximate surface area is 103 Å². The highest BCUT2D eigenvalue weighted by Crippen LogP contribution is 2.02. The minimum absolute atomic E-state index is 0.412. The van der Waals surface area contributed by atoms with E-state index < -0.39 is 18.1 Å². The summed E-state index contributed by atoms with van der Waals surface area (Å²) in [7, 11) is 1.25. The first-order valence-electron chi connectivity index (χ1n) is 6.13. The van der Waals surface area contributed by atoms with Crippen LogP contribution in [0.25, 0.3) is 0 Å². The van der Waals surface area contributed by atoms with Crippen molar-refractivity contribution < 1.29 is 19.1 Å². The van der Waals surface area contributed by atoms with E-state index in [0.717, 1.165) is 12.8 Å². The molecular weight excluding hydrogens is 222 g/mol. The van der Waals surface area contributed by atoms with Gasteiger partial charge in [-0.15, -0.1) is 0 Å². The van der Waals surface area contributed by atoms with Crippen molar-refractivity contribution in [2.24, 2.45) is 0 Å². The van der Waals surface area contributed by atoms with Crippen LogP contribution in [0.1, 0.15) is 46.0 Å². The lowest BCUT2D eigenvalue weighted by Crippen LogP contribution is -2.39. The lowest BCUT2D eigenvalue weighted by atomic mass is 10.2. The van der Waals surface area contributed by atoms with Gasteiger partial charge in [-0.2, -0.15) is 0 Å². The van der Waals surface area contributed by atoms with Crippen molar-refractivity contribution in [3.8, 4) is 0 Å². The number of esters is 1. The molecule has 0 spiro atoms. The first-order chi connectivity index (χ1) is 8.11. The molecule has 0 aliphatic heterocycles. The SMILES string of the molecule is CCCCCCCOC(=O)C(C)NC(=O)OC. The number of carbonyl (C=O) groups is 2. The van der Waals surface area contributed by atoms with E-state index in [9.17, 15) is 9.59 Å². The Bertz CT molecular complexity index is 231. The molecule has 0 aliphatic rings. The van der Waals surface area contributed by atoms with Gasteiger partial charge in [-0.3, -0.25) is 0 Å². The van der Waals surface area contributed by atoms with E-state index in [1.807, 2.05) is 0 Å². The van der Waals surface area contributed by atoms with Gasteiger partial charge in [0.2, 0.25) is 0 Å². The number of carbonyl (C=O) groups excluding carboxylic acids is 2. The lowest BCUT2D eigenvalue weighted by molar-refractivity contribution is -0.145. The number of rotatable bonds is 8. The maximum absolute atomic E-state index is 11.4. The fourth-order valence-electron chi connectivity index (χ4n) is 1.30. The molecule has 0 bridgehead atoms. The van der Waals surface area contributed by atoms with Crippen molar-refractivity contribution in [2.45, 2.75) is 52.0 Å². The average Bonchev–Trinajstić information content (AvgIpc) is 2.32. The summed E-state index contributed by atoms with van der Waals surface area (Å²) >= 11 is 0. The second-order valence-electron chi connectivity index (χ2n) is 3.94. The quantitative estimate of drug-likeness (QED) is 0.526. The van der Waals surface area contributed by atoms with Gasteiger partial charge in [0.25, 0.3) is 0 Å². The molecule has 17 heavy (non-hydrogen) atoms. The van der Waals surface area contributed by atoms with Gasteiger partial charge >= 0.3 is 12.1 Å². The molecule has 0 saturated heterocycles. The summed E-state index contributed by atoms with van der Waals surface area (Å²) in [5.74, 6) is -0.425. The molecule has 5 nitrogen and oxygen atoms in total. The second kappa shape index (κ2) is 9.93. The molecule has 100 valence electrons. The number of methoxy groups -OCH3 is 1. The number of hydrogen-bond acceptors (Lipinski definition) is 4. The van der Waals surface area contributed by atoms with Crippen LogP contribution in [0.5, 0.6) is 0 Å². The minimum Gasteiger partial charge on any atom is -0.464 e. The van der Waals surface area contributed by atoms with Gasteiger partial charge in [0, 0.05) is 0 Å². The van der Waals surface area contributed by atoms with Crippen LogP contribution in [0.2, 0.25) is 0 Å². The molecule has 0 saturated carbocycles. The summed E-state index contributed by atoms with van der Waals surface area (Å²) in [5, 5.41) is 2.35. The minimum atomic E-state index is -0.668. The maximum atomic E-state index is 11.4. The van der Waals surface area contributed by atoms with Gasteiger partial charge in [-0.25, -0.2) is 9.59 Å². The van der Waals surface area contributed by atoms with Gasteiger partial charge in [-0.1, -0.05) is 32.6 Å². The third-order valence-electron chi connectivity index (χ3n) is 2.37. The number of amides is 1. The van der Waals surface area contributed by atoms with Gasteiger partial charge in [0.1, 0.15) is 6.04 Å². The molecule has 0 heterocycles. The third kappa shape index (κ3) is 8.54. The standard InChI is InChI=1S/C12H23NO4/c1-4-5-6-7-8-9-17-11(14)10(2)13-12(15)16-3/h10H,4-9H2,1-3H3,(H,13,15). The van der Waals surface area contributed by atoms with E-state index in [2.05, 4.69) is 17.0 Å². The van der Waals surface area contributed by atoms with E-state index >= 15 is 0 Å². The van der Waals surface area contributed by atoms with Gasteiger partial charge in [0.15, 0.2) is 0 Å². The van der Waals surface area contributed by atoms with Crippen molar-refractivity contribution in [3.63, 3.8) is 0 Å². The molecule has 5 heteroatoms. The maximum Gasteiger partial charge on any atom is 0.407 e. The summed E-state index contributed by atoms with van der Waals surface area (Å²) in [6, 6.07) is -0.668. The number of ether oxygens (including phenoxy) is 2. The van der Waals surface area contributed by atoms with Crippen molar-refractivity contribution in [3.05, 3.63) is 0 Å². The molecule has 0 aromatic rings. The van der Waals surface area contributed by atoms with Crippen LogP contribution in [0.15, 0.2) is 0 Å². The number of nitrogens with one attached hydrogen (secondary N) is 1. The molecule has 0 radical (unpaired) electrons. The molecule has 0 aromatic carbocycles. The number of unbranched alkanes of at least 4 members (excludes halogenated alkanes) is 4. The Hall–Kier alpha value is -1.26. The number of hydrogen-bond donors (Lipinski definition) is 1. The third-order valence-corrected chi connectivity index (χ3v) is 2.37. The van der Waals surface area contributed by atoms with Crippen LogP contribution < -0.4 is 5.32 Å². The van der Waals surface area contributed by atoms with E-state index in [0.29, 0.717) is 6.61 Å². The van der Waals surface area contributed by atoms with Crippen molar-refractivity contribution in [1.29, 1.82) is 0 Å². The second-order valence-corrected chi connectivity index (χ2v) is 3.94. The predicted octanol–water partition coefficient (Wildman–Crippen LogP) is 2.24. The summed E-state index contributed by atoms with van der Waals surface area (Å²) < 4.78 is 9.40. The predicted molar refractivity (Wildman–Crippen MR) is 64.7 cm³/mol. The molecular formula is C12H23NO4. The smallest absolute Gasteiger partial charge is 0.407 e. The first kappa shape index (κ1) is 15.7. The van der Waals surface area contributed by atoms with E-state index in [1.54, 1.807) is 6.92 Å². The first-order valence-corrected chi connectivity index (χ1v) is 6.13. The Morgan fingerprint density at radius 3 is 2.41 bits per heavy atom. The highest BCUT2D eigenvalue weighted by molar-refractivity contribution is 5.80. The van der Waals surface area contributed by atoms with Crippen LogP contribution in [0.3, 0.4) is 0 Å². The molecule has 0 aliphatic carbocycles. The van der Waals surface area contributed by atoms with E-state index in [-0.39, 0.29) is 0 Å². The van der Waals surface area contributed by atoms with E-state index in [4.69, 9.17) is 4.74 Å². The zero-order chi connectivity index (χ0) is 13.1. The normalized spacial score (nSPS) is 11.7. The molecule has 1 N–H and O–H groups in total. The van der Waals surface area contributed by atoms with Crippen LogP contribution in [0.4, 0.5) is 4.79 Å². The zero-order valence-corrected chi connectivity index (χ0v) is 11.0. The Morgan fingerprint density at radius 2 is 1.82 bits per heavy atom. The molecule has 1 unspecified atom stereocenters. The number of alkyl carbamates (subject to hydrolysis) is 1. The lowest BCUT2D eigenvalue weighted by Gasteiger charge is -2.12. The van der Waals surface area contributed by atoms with Crippen LogP contribution in [-0.2, 0) is 14.3 Å². The van der Waals surface area contributed by atoms with Crippen molar-refractivity contribution in [1.82, 2.24) is 5.32 Å². The molecule has 0 aromatic heterocycles. The van der Waals surface area contributed by atoms with Crippen LogP contribution in [-0.4, -0.2) is 31.8 Å². The van der Waals surface area contributed by atoms with Gasteiger partial charge in [-0.05, 0) is 13.3 Å². The highest BCUT2D eigenvalue weighted by atomic mass is 16.5. The summed E-state index contributed by atoms with van der Waals surface area (Å²) in [6.07, 6.45) is 4.90. The van der Waals surface area contributed by atoms with Crippen LogP contribution >= 0.6 is 0 Å². The fraction of sp³-hybridized carbons (Fsp3) is 0.833. The van der Waals surface area contributed by atoms with Crippen molar-refractivity contribution in [2.75, 3.05) is 13.7 Å². The summed E-state index contributed by atoms with van der Waals surface area (Å²) in [6.45, 7) is 4.13. The monoisotopic (exact) mass is 245 g/mol. The van der Waals surface area contributed by atoms with Crippen LogP contribution in [0, 0.1) is 0 Å². The summed E-state index contributed by atoms with van der Waals surface area (Å²) in [4.78, 5) is 22.2. The van der Waals surface area contributed by atoms with Gasteiger partial charge < -0.3 is 14.8 Å². The largest absolute Gasteiger partial charge is 0.464 e. The zero-order valence-electron chi connectivity index (χ0n) is 11.0. The van der Waals surface area contributed by atoms with E-state index in [1.165, 1.54) is 26.4 Å². The topological polar surface area (TPSA) is 64.6 Å². The van der Waals surface area contributed by atoms with Gasteiger partial charge in [0.05, 0.1) is 13.7 Å². The average molecular weight is 245 g/mol. The molecule has 0 fully saturated rings. The Morgan fingerprint density at radius 1 is 1.18 bits per heavy atom. The van der Waals surface area contributed by atoms with Crippen molar-refractivity contribution >= 4 is 12.1 Å². The molecule has 1 atom stereocenters. The molecule has 1 amide bonds. The Kier molecular flexibility index (Phi) is 9.19. The Balaban J connectivity index is 3.54. The highest BCUT2D eigenvalue weighted by Gasteiger charge is 2.16. The fourth-order valence-corrected chi connectivity index (χ4v) is 1.30. The molecule has 0 rings (SSSR count).